The zero-order valence-corrected chi connectivity index (χ0v) is 14.3. The smallest absolute Gasteiger partial charge is 0.269 e. The molecule has 0 unspecified atom stereocenters. The number of aromatic amines is 1. The Labute approximate surface area is 143 Å². The number of primary amides is 1. The van der Waals surface area contributed by atoms with E-state index in [9.17, 15) is 9.59 Å². The van der Waals surface area contributed by atoms with Gasteiger partial charge in [0.2, 0.25) is 5.91 Å². The van der Waals surface area contributed by atoms with Crippen LogP contribution >= 0.6 is 11.3 Å². The minimum atomic E-state index is -0.537. The fourth-order valence-corrected chi connectivity index (χ4v) is 3.54. The Bertz CT molecular complexity index is 713. The minimum absolute atomic E-state index is 0.0213. The standard InChI is InChI=1S/C15H20N6O2S/c1-20(15-17-4-6-24-15)13(22)9-21-5-2-3-10(8-21)11-7-12(14(16)23)19-18-11/h4,6-7,10H,2-3,5,8-9H2,1H3,(H2,16,23)(H,18,19)/t10-/m0/s1. The van der Waals surface area contributed by atoms with Crippen molar-refractivity contribution in [3.8, 4) is 0 Å². The molecule has 0 saturated carbocycles. The highest BCUT2D eigenvalue weighted by Crippen LogP contribution is 2.26. The Morgan fingerprint density at radius 3 is 3.04 bits per heavy atom. The van der Waals surface area contributed by atoms with Gasteiger partial charge in [-0.3, -0.25) is 24.5 Å². The fraction of sp³-hybridized carbons (Fsp3) is 0.467. The maximum Gasteiger partial charge on any atom is 0.269 e. The van der Waals surface area contributed by atoms with Gasteiger partial charge in [-0.15, -0.1) is 11.3 Å². The van der Waals surface area contributed by atoms with Crippen molar-refractivity contribution in [3.63, 3.8) is 0 Å². The number of piperidine rings is 1. The maximum absolute atomic E-state index is 12.4. The number of nitrogens with one attached hydrogen (secondary N) is 1. The molecule has 1 aliphatic rings. The molecule has 0 aliphatic carbocycles. The molecule has 0 spiro atoms. The predicted molar refractivity (Wildman–Crippen MR) is 91.0 cm³/mol. The molecule has 128 valence electrons. The zero-order chi connectivity index (χ0) is 17.1. The number of carbonyl (C=O) groups is 2. The molecule has 8 nitrogen and oxygen atoms in total. The summed E-state index contributed by atoms with van der Waals surface area (Å²) in [6, 6.07) is 1.71. The van der Waals surface area contributed by atoms with Crippen LogP contribution in [0.3, 0.4) is 0 Å². The first kappa shape index (κ1) is 16.6. The van der Waals surface area contributed by atoms with Crippen LogP contribution in [0.5, 0.6) is 0 Å². The summed E-state index contributed by atoms with van der Waals surface area (Å²) in [6.45, 7) is 1.98. The number of hydrogen-bond donors (Lipinski definition) is 2. The van der Waals surface area contributed by atoms with E-state index in [2.05, 4.69) is 20.1 Å². The molecule has 3 heterocycles. The fourth-order valence-electron chi connectivity index (χ4n) is 2.91. The van der Waals surface area contributed by atoms with Gasteiger partial charge in [-0.1, -0.05) is 0 Å². The molecule has 2 aromatic heterocycles. The van der Waals surface area contributed by atoms with Crippen LogP contribution in [0.2, 0.25) is 0 Å². The Morgan fingerprint density at radius 2 is 2.38 bits per heavy atom. The number of anilines is 1. The summed E-state index contributed by atoms with van der Waals surface area (Å²) in [4.78, 5) is 31.5. The molecule has 2 amide bonds. The third-order valence-electron chi connectivity index (χ3n) is 4.23. The second-order valence-corrected chi connectivity index (χ2v) is 6.79. The molecule has 2 aromatic rings. The Morgan fingerprint density at radius 1 is 1.54 bits per heavy atom. The quantitative estimate of drug-likeness (QED) is 0.831. The van der Waals surface area contributed by atoms with Crippen LogP contribution in [0.1, 0.15) is 34.9 Å². The molecule has 0 bridgehead atoms. The Balaban J connectivity index is 1.60. The number of likely N-dealkylation sites (N-methyl/N-ethyl adjacent to an activating group) is 1. The molecule has 0 radical (unpaired) electrons. The number of H-pyrrole nitrogens is 1. The van der Waals surface area contributed by atoms with E-state index in [1.807, 2.05) is 5.38 Å². The van der Waals surface area contributed by atoms with Gasteiger partial charge in [0.1, 0.15) is 5.69 Å². The van der Waals surface area contributed by atoms with E-state index in [1.54, 1.807) is 24.2 Å². The lowest BCUT2D eigenvalue weighted by atomic mass is 9.94. The van der Waals surface area contributed by atoms with Gasteiger partial charge in [0, 0.05) is 36.8 Å². The van der Waals surface area contributed by atoms with Gasteiger partial charge >= 0.3 is 0 Å². The maximum atomic E-state index is 12.4. The number of carbonyl (C=O) groups excluding carboxylic acids is 2. The second kappa shape index (κ2) is 7.10. The summed E-state index contributed by atoms with van der Waals surface area (Å²) in [5, 5.41) is 9.39. The highest BCUT2D eigenvalue weighted by atomic mass is 32.1. The van der Waals surface area contributed by atoms with E-state index < -0.39 is 5.91 Å². The number of aromatic nitrogens is 3. The van der Waals surface area contributed by atoms with Crippen molar-refractivity contribution in [2.75, 3.05) is 31.6 Å². The normalized spacial score (nSPS) is 18.5. The van der Waals surface area contributed by atoms with Crippen LogP contribution in [-0.4, -0.2) is 58.6 Å². The molecule has 0 aromatic carbocycles. The SMILES string of the molecule is CN(C(=O)CN1CCC[C@H](c2cc(C(N)=O)n[nH]2)C1)c1nccs1. The summed E-state index contributed by atoms with van der Waals surface area (Å²) in [5.74, 6) is -0.296. The molecule has 1 saturated heterocycles. The summed E-state index contributed by atoms with van der Waals surface area (Å²) in [5.41, 5.74) is 6.39. The first-order valence-electron chi connectivity index (χ1n) is 7.78. The predicted octanol–water partition coefficient (Wildman–Crippen LogP) is 0.807. The molecular weight excluding hydrogens is 328 g/mol. The van der Waals surface area contributed by atoms with Gasteiger partial charge in [0.15, 0.2) is 5.13 Å². The van der Waals surface area contributed by atoms with Gasteiger partial charge in [-0.2, -0.15) is 5.10 Å². The summed E-state index contributed by atoms with van der Waals surface area (Å²) in [6.07, 6.45) is 3.67. The average Bonchev–Trinajstić information content (AvgIpc) is 3.26. The number of nitrogens with two attached hydrogens (primary N) is 1. The number of nitrogens with zero attached hydrogens (tertiary/aromatic N) is 4. The van der Waals surface area contributed by atoms with Crippen LogP contribution in [0, 0.1) is 0 Å². The number of thiazole rings is 1. The van der Waals surface area contributed by atoms with Crippen LogP contribution in [-0.2, 0) is 4.79 Å². The average molecular weight is 348 g/mol. The Kier molecular flexibility index (Phi) is 4.91. The number of likely N-dealkylation sites (tertiary alicyclic amines) is 1. The molecular formula is C15H20N6O2S. The van der Waals surface area contributed by atoms with Crippen LogP contribution < -0.4 is 10.6 Å². The monoisotopic (exact) mass is 348 g/mol. The number of hydrogen-bond acceptors (Lipinski definition) is 6. The van der Waals surface area contributed by atoms with E-state index in [4.69, 9.17) is 5.73 Å². The molecule has 1 atom stereocenters. The topological polar surface area (TPSA) is 108 Å². The van der Waals surface area contributed by atoms with E-state index >= 15 is 0 Å². The molecule has 1 fully saturated rings. The van der Waals surface area contributed by atoms with E-state index in [1.165, 1.54) is 11.3 Å². The van der Waals surface area contributed by atoms with Crippen molar-refractivity contribution in [1.82, 2.24) is 20.1 Å². The minimum Gasteiger partial charge on any atom is -0.364 e. The summed E-state index contributed by atoms with van der Waals surface area (Å²) < 4.78 is 0. The lowest BCUT2D eigenvalue weighted by Gasteiger charge is -2.32. The van der Waals surface area contributed by atoms with Gasteiger partial charge in [-0.05, 0) is 25.5 Å². The van der Waals surface area contributed by atoms with Gasteiger partial charge < -0.3 is 5.73 Å². The second-order valence-electron chi connectivity index (χ2n) is 5.91. The third-order valence-corrected chi connectivity index (χ3v) is 5.08. The lowest BCUT2D eigenvalue weighted by molar-refractivity contribution is -0.119. The first-order valence-corrected chi connectivity index (χ1v) is 8.66. The van der Waals surface area contributed by atoms with Crippen molar-refractivity contribution >= 4 is 28.3 Å². The largest absolute Gasteiger partial charge is 0.364 e. The van der Waals surface area contributed by atoms with Crippen molar-refractivity contribution in [2.24, 2.45) is 5.73 Å². The highest BCUT2D eigenvalue weighted by Gasteiger charge is 2.26. The molecule has 1 aliphatic heterocycles. The number of rotatable bonds is 5. The first-order chi connectivity index (χ1) is 11.5. The number of amides is 2. The zero-order valence-electron chi connectivity index (χ0n) is 13.4. The van der Waals surface area contributed by atoms with Crippen LogP contribution in [0.15, 0.2) is 17.6 Å². The molecule has 3 N–H and O–H groups in total. The van der Waals surface area contributed by atoms with Gasteiger partial charge in [0.25, 0.3) is 5.91 Å². The molecule has 3 rings (SSSR count). The molecule has 24 heavy (non-hydrogen) atoms. The molecule has 9 heteroatoms. The highest BCUT2D eigenvalue weighted by molar-refractivity contribution is 7.13. The van der Waals surface area contributed by atoms with Gasteiger partial charge in [0.05, 0.1) is 6.54 Å². The van der Waals surface area contributed by atoms with Gasteiger partial charge in [-0.25, -0.2) is 4.98 Å². The van der Waals surface area contributed by atoms with Crippen molar-refractivity contribution < 1.29 is 9.59 Å². The van der Waals surface area contributed by atoms with Crippen LogP contribution in [0.25, 0.3) is 0 Å². The van der Waals surface area contributed by atoms with E-state index in [0.717, 1.165) is 31.6 Å². The summed E-state index contributed by atoms with van der Waals surface area (Å²) in [7, 11) is 1.75. The van der Waals surface area contributed by atoms with Crippen molar-refractivity contribution in [2.45, 2.75) is 18.8 Å². The summed E-state index contributed by atoms with van der Waals surface area (Å²) >= 11 is 1.44. The lowest BCUT2D eigenvalue weighted by Crippen LogP contribution is -2.42. The van der Waals surface area contributed by atoms with Crippen molar-refractivity contribution in [1.29, 1.82) is 0 Å². The van der Waals surface area contributed by atoms with Crippen LogP contribution in [0.4, 0.5) is 5.13 Å². The Hall–Kier alpha value is -2.26. The van der Waals surface area contributed by atoms with Crippen molar-refractivity contribution in [3.05, 3.63) is 29.0 Å². The van der Waals surface area contributed by atoms with E-state index in [-0.39, 0.29) is 17.5 Å². The third kappa shape index (κ3) is 3.62. The van der Waals surface area contributed by atoms with E-state index in [0.29, 0.717) is 11.7 Å².